The first kappa shape index (κ1) is 79.3. The quantitative estimate of drug-likeness (QED) is 0.0600. The van der Waals surface area contributed by atoms with Crippen LogP contribution in [0.3, 0.4) is 0 Å². The molecule has 3 heterocycles. The number of rotatable bonds is 8. The molecule has 6 rings (SSSR count). The van der Waals surface area contributed by atoms with E-state index < -0.39 is 33.0 Å². The van der Waals surface area contributed by atoms with Crippen molar-refractivity contribution in [3.63, 3.8) is 0 Å². The number of nitro groups is 2. The number of hydrogen-bond acceptors (Lipinski definition) is 14. The predicted octanol–water partition coefficient (Wildman–Crippen LogP) is 0.397. The van der Waals surface area contributed by atoms with Gasteiger partial charge in [-0.2, -0.15) is 40.5 Å². The molecule has 3 aromatic carbocycles. The molecular weight excluding hydrogens is 981 g/mol. The van der Waals surface area contributed by atoms with E-state index in [1.54, 1.807) is 12.1 Å². The third-order valence-electron chi connectivity index (χ3n) is 9.50. The Kier molecular flexibility index (Phi) is 51.7. The normalized spacial score (nSPS) is 16.0. The Balaban J connectivity index is -0.000000110. The van der Waals surface area contributed by atoms with Crippen molar-refractivity contribution in [2.24, 2.45) is 0 Å². The number of likely N-dealkylation sites (N-methyl/N-ethyl adjacent to an activating group) is 3. The molecule has 3 N–H and O–H groups in total. The van der Waals surface area contributed by atoms with Gasteiger partial charge in [0, 0.05) is 68.7 Å². The Morgan fingerprint density at radius 3 is 1.35 bits per heavy atom. The summed E-state index contributed by atoms with van der Waals surface area (Å²) in [7, 11) is 12.4. The number of nitrogens with zero attached hydrogens (tertiary/aromatic N) is 7. The van der Waals surface area contributed by atoms with Crippen LogP contribution in [-0.2, 0) is 9.68 Å². The summed E-state index contributed by atoms with van der Waals surface area (Å²) in [4.78, 5) is 41.0. The van der Waals surface area contributed by atoms with Gasteiger partial charge in [-0.05, 0) is 98.4 Å². The Morgan fingerprint density at radius 2 is 1.06 bits per heavy atom. The monoisotopic (exact) mass is 1050 g/mol. The number of nitrogens with two attached hydrogens (primary N) is 1. The molecule has 0 aliphatic carbocycles. The van der Waals surface area contributed by atoms with Crippen LogP contribution < -0.4 is 129 Å². The molecule has 3 aromatic rings. The predicted molar refractivity (Wildman–Crippen MR) is 265 cm³/mol. The first-order valence-corrected chi connectivity index (χ1v) is 18.9. The number of nitro benzene ring substituents is 2. The second-order valence-corrected chi connectivity index (χ2v) is 14.0. The van der Waals surface area contributed by atoms with Crippen LogP contribution in [0.4, 0.5) is 46.0 Å². The largest absolute Gasteiger partial charge is 1.00 e. The van der Waals surface area contributed by atoms with Gasteiger partial charge in [0.1, 0.15) is 5.82 Å². The fourth-order valence-electron chi connectivity index (χ4n) is 6.09. The van der Waals surface area contributed by atoms with Gasteiger partial charge in [0.15, 0.2) is 17.5 Å². The molecule has 0 aromatic heterocycles. The zero-order valence-electron chi connectivity index (χ0n) is 39.4. The number of benzene rings is 3. The summed E-state index contributed by atoms with van der Waals surface area (Å²) in [5, 5.41) is 32.3. The third-order valence-corrected chi connectivity index (χ3v) is 9.50. The van der Waals surface area contributed by atoms with Crippen LogP contribution in [0, 0.1) is 43.5 Å². The average Bonchev–Trinajstić information content (AvgIpc) is 4.01. The zero-order chi connectivity index (χ0) is 44.8. The molecule has 3 saturated heterocycles. The van der Waals surface area contributed by atoms with Crippen molar-refractivity contribution in [1.29, 1.82) is 0 Å². The van der Waals surface area contributed by atoms with Crippen LogP contribution in [0.1, 0.15) is 49.4 Å². The number of carbonyl (C=O) groups excluding carboxylic acids is 1. The van der Waals surface area contributed by atoms with Gasteiger partial charge in [-0.15, -0.1) is 0 Å². The van der Waals surface area contributed by atoms with E-state index in [4.69, 9.17) is 15.8 Å². The van der Waals surface area contributed by atoms with Crippen LogP contribution >= 0.6 is 40.5 Å². The van der Waals surface area contributed by atoms with E-state index in [9.17, 15) is 37.8 Å². The van der Waals surface area contributed by atoms with E-state index in [0.717, 1.165) is 57.2 Å². The maximum atomic E-state index is 13.8. The molecule has 66 heavy (non-hydrogen) atoms. The topological polar surface area (TPSA) is 190 Å². The molecule has 3 aliphatic rings. The van der Waals surface area contributed by atoms with Crippen LogP contribution in [-0.4, -0.2) is 131 Å². The molecule has 0 amide bonds. The Hall–Kier alpha value is -0.827. The maximum absolute atomic E-state index is 13.8. The smallest absolute Gasteiger partial charge is 1.00 e. The fourth-order valence-corrected chi connectivity index (χ4v) is 6.09. The number of hydrogen-bond donors (Lipinski definition) is 2. The van der Waals surface area contributed by atoms with Crippen LogP contribution in [0.15, 0.2) is 54.6 Å². The average molecular weight is 1050 g/mol. The van der Waals surface area contributed by atoms with Crippen molar-refractivity contribution in [2.45, 2.75) is 66.1 Å². The summed E-state index contributed by atoms with van der Waals surface area (Å²) in [6, 6.07) is 12.6. The van der Waals surface area contributed by atoms with Crippen molar-refractivity contribution in [2.75, 3.05) is 97.1 Å². The zero-order valence-corrected chi connectivity index (χ0v) is 47.7. The van der Waals surface area contributed by atoms with E-state index in [0.29, 0.717) is 41.3 Å². The van der Waals surface area contributed by atoms with Crippen LogP contribution in [0.25, 0.3) is 0 Å². The first-order chi connectivity index (χ1) is 27.9. The maximum Gasteiger partial charge on any atom is 1.00 e. The molecule has 0 saturated carbocycles. The molecule has 0 unspecified atom stereocenters. The summed E-state index contributed by atoms with van der Waals surface area (Å²) in [5.41, 5.74) is 6.46. The summed E-state index contributed by atoms with van der Waals surface area (Å²) in [5.74, 6) is -3.04. The summed E-state index contributed by atoms with van der Waals surface area (Å²) in [6.45, 7) is 9.51. The SMILES string of the molecule is C.C.CC.CN(C)[C@H]1CCN(c2ccc(N)cc2F)C1.CN(C)[C@H]1CCN(c2ccc([N+](=O)[O-])cc2F)C1.CN(C)[C@H]1CCNC1.O=CO[O-].O=[N+]([O-])c1ccc(F)c(F)c1.S.S.S.[H-].[K+].[K+]. The van der Waals surface area contributed by atoms with Gasteiger partial charge >= 0.3 is 103 Å². The second kappa shape index (κ2) is 43.0. The molecule has 25 heteroatoms. The van der Waals surface area contributed by atoms with E-state index in [1.165, 1.54) is 37.7 Å². The van der Waals surface area contributed by atoms with Crippen molar-refractivity contribution in [3.05, 3.63) is 98.1 Å². The standard InChI is InChI=1S/C12H16FN3O2.C12H18FN3.C6H3F2NO2.C6H14N2.C2H6.CH2O3.2CH4.2K.3H2S.H/c1-14(2)10-5-6-15(8-10)12-4-3-9(16(17)18)7-11(12)13;1-15(2)10-5-6-16(8-10)12-4-3-9(14)7-11(12)13;7-5-2-1-4(9(10)11)3-6(5)8;1-8(2)6-3-4-7-5-6;1-2;2-1-4-3;;;;;;;;/h3-4,7,10H,5-6,8H2,1-2H3;3-4,7,10H,5-6,8,14H2,1-2H3;1-3H;6-7H,3-5H2,1-2H3;1-2H3;1,3H;2*1H4;;;3*1H2;/q;;;;;;;;2*+1;;;;-1/p-1/t2*10-;;6-;;;;;;;;;;/m00.0........../s1. The molecule has 3 fully saturated rings. The number of nitrogen functional groups attached to an aromatic ring is 1. The minimum absolute atomic E-state index is 0. The third kappa shape index (κ3) is 28.7. The van der Waals surface area contributed by atoms with Gasteiger partial charge in [0.05, 0.1) is 33.4 Å². The van der Waals surface area contributed by atoms with Gasteiger partial charge in [-0.25, -0.2) is 17.6 Å². The van der Waals surface area contributed by atoms with Crippen molar-refractivity contribution in [1.82, 2.24) is 20.0 Å². The van der Waals surface area contributed by atoms with E-state index in [-0.39, 0.29) is 178 Å². The molecule has 0 bridgehead atoms. The number of carbonyl (C=O) groups is 1. The van der Waals surface area contributed by atoms with Crippen molar-refractivity contribution >= 4 is 75.4 Å². The number of nitrogens with one attached hydrogen (secondary N) is 1. The van der Waals surface area contributed by atoms with Crippen LogP contribution in [0.5, 0.6) is 0 Å². The number of anilines is 3. The minimum atomic E-state index is -1.21. The van der Waals surface area contributed by atoms with Crippen molar-refractivity contribution < 1.29 is 147 Å². The van der Waals surface area contributed by atoms with Gasteiger partial charge < -0.3 is 47.1 Å². The molecule has 3 atom stereocenters. The molecule has 0 spiro atoms. The molecule has 3 aliphatic heterocycles. The second-order valence-electron chi connectivity index (χ2n) is 14.0. The Labute approximate surface area is 497 Å². The van der Waals surface area contributed by atoms with Crippen molar-refractivity contribution in [3.8, 4) is 0 Å². The summed E-state index contributed by atoms with van der Waals surface area (Å²) < 4.78 is 52.0. The van der Waals surface area contributed by atoms with E-state index in [1.807, 2.05) is 32.8 Å². The van der Waals surface area contributed by atoms with E-state index >= 15 is 0 Å². The van der Waals surface area contributed by atoms with E-state index in [2.05, 4.69) is 58.0 Å². The fraction of sp³-hybridized carbons (Fsp3) is 0.537. The van der Waals surface area contributed by atoms with Gasteiger partial charge in [-0.3, -0.25) is 25.0 Å². The number of non-ortho nitro benzene ring substituents is 2. The molecule has 372 valence electrons. The summed E-state index contributed by atoms with van der Waals surface area (Å²) in [6.07, 6.45) is 3.37. The molecule has 16 nitrogen and oxygen atoms in total. The minimum Gasteiger partial charge on any atom is -1.00 e. The Morgan fingerprint density at radius 1 is 0.682 bits per heavy atom. The summed E-state index contributed by atoms with van der Waals surface area (Å²) >= 11 is 0. The van der Waals surface area contributed by atoms with Gasteiger partial charge in [0.2, 0.25) is 0 Å². The van der Waals surface area contributed by atoms with Gasteiger partial charge in [-0.1, -0.05) is 28.7 Å². The molecule has 0 radical (unpaired) electrons. The molecular formula is C41H73F4K2N9O7S3. The van der Waals surface area contributed by atoms with Crippen LogP contribution in [0.2, 0.25) is 0 Å². The first-order valence-electron chi connectivity index (χ1n) is 18.9. The van der Waals surface area contributed by atoms with Gasteiger partial charge in [0.25, 0.3) is 17.8 Å². The number of halogens is 4. The Bertz CT molecular complexity index is 1780.